The van der Waals surface area contributed by atoms with Gasteiger partial charge >= 0.3 is 5.97 Å². The van der Waals surface area contributed by atoms with E-state index in [1.165, 1.54) is 0 Å². The van der Waals surface area contributed by atoms with Crippen LogP contribution in [-0.4, -0.2) is 48.3 Å². The van der Waals surface area contributed by atoms with Crippen LogP contribution in [-0.2, 0) is 14.3 Å². The molecule has 1 aliphatic rings. The molecule has 2 N–H and O–H groups in total. The summed E-state index contributed by atoms with van der Waals surface area (Å²) in [6.45, 7) is 1.96. The molecule has 1 aliphatic heterocycles. The Balaban J connectivity index is 2.51. The van der Waals surface area contributed by atoms with Crippen LogP contribution in [0.4, 0.5) is 0 Å². The van der Waals surface area contributed by atoms with E-state index in [9.17, 15) is 4.79 Å². The van der Waals surface area contributed by atoms with Crippen molar-refractivity contribution in [2.24, 2.45) is 0 Å². The van der Waals surface area contributed by atoms with Crippen molar-refractivity contribution in [3.63, 3.8) is 0 Å². The molecule has 0 aromatic heterocycles. The summed E-state index contributed by atoms with van der Waals surface area (Å²) in [5.41, 5.74) is 0. The zero-order valence-corrected chi connectivity index (χ0v) is 9.97. The number of thioether (sulfide) groups is 1. The highest BCUT2D eigenvalue weighted by Gasteiger charge is 2.40. The van der Waals surface area contributed by atoms with Crippen molar-refractivity contribution < 1.29 is 19.4 Å². The highest BCUT2D eigenvalue weighted by atomic mass is 32.2. The molecule has 0 aromatic carbocycles. The van der Waals surface area contributed by atoms with Gasteiger partial charge in [-0.2, -0.15) is 0 Å². The smallest absolute Gasteiger partial charge is 0.321 e. The first-order chi connectivity index (χ1) is 7.00. The number of carboxylic acids is 1. The molecule has 0 amide bonds. The van der Waals surface area contributed by atoms with E-state index in [4.69, 9.17) is 14.6 Å². The van der Waals surface area contributed by atoms with Gasteiger partial charge < -0.3 is 14.6 Å². The average molecular weight is 235 g/mol. The van der Waals surface area contributed by atoms with Gasteiger partial charge in [0.25, 0.3) is 0 Å². The average Bonchev–Trinajstić information content (AvgIpc) is 2.58. The van der Waals surface area contributed by atoms with Crippen LogP contribution < -0.4 is 5.32 Å². The number of aliphatic carboxylic acids is 1. The summed E-state index contributed by atoms with van der Waals surface area (Å²) in [4.78, 5) is 10.5. The molecule has 15 heavy (non-hydrogen) atoms. The van der Waals surface area contributed by atoms with E-state index >= 15 is 0 Å². The first kappa shape index (κ1) is 12.8. The number of hydrogen-bond acceptors (Lipinski definition) is 5. The van der Waals surface area contributed by atoms with Gasteiger partial charge in [0, 0.05) is 26.4 Å². The van der Waals surface area contributed by atoms with Crippen molar-refractivity contribution in [3.05, 3.63) is 0 Å². The number of rotatable bonds is 5. The van der Waals surface area contributed by atoms with Gasteiger partial charge in [-0.05, 0) is 6.92 Å². The molecule has 1 heterocycles. The molecule has 6 heteroatoms. The molecule has 2 atom stereocenters. The van der Waals surface area contributed by atoms with Gasteiger partial charge in [-0.1, -0.05) is 0 Å². The second-order valence-electron chi connectivity index (χ2n) is 3.68. The zero-order valence-electron chi connectivity index (χ0n) is 9.15. The van der Waals surface area contributed by atoms with E-state index in [0.29, 0.717) is 12.2 Å². The summed E-state index contributed by atoms with van der Waals surface area (Å²) < 4.78 is 10.2. The monoisotopic (exact) mass is 235 g/mol. The Hall–Kier alpha value is -0.300. The highest BCUT2D eigenvalue weighted by Crippen LogP contribution is 2.34. The molecule has 1 rings (SSSR count). The van der Waals surface area contributed by atoms with Gasteiger partial charge in [0.05, 0.1) is 4.87 Å². The van der Waals surface area contributed by atoms with Gasteiger partial charge in [-0.3, -0.25) is 10.1 Å². The fraction of sp³-hybridized carbons (Fsp3) is 0.889. The van der Waals surface area contributed by atoms with Gasteiger partial charge in [0.15, 0.2) is 6.29 Å². The van der Waals surface area contributed by atoms with Crippen LogP contribution in [0.25, 0.3) is 0 Å². The predicted octanol–water partition coefficient (Wildman–Crippen LogP) is 0.501. The predicted molar refractivity (Wildman–Crippen MR) is 57.8 cm³/mol. The lowest BCUT2D eigenvalue weighted by atomic mass is 10.2. The summed E-state index contributed by atoms with van der Waals surface area (Å²) in [7, 11) is 3.15. The van der Waals surface area contributed by atoms with Crippen molar-refractivity contribution >= 4 is 17.7 Å². The van der Waals surface area contributed by atoms with Crippen molar-refractivity contribution in [1.29, 1.82) is 0 Å². The van der Waals surface area contributed by atoms with Crippen LogP contribution in [0.15, 0.2) is 0 Å². The maximum atomic E-state index is 10.8. The maximum Gasteiger partial charge on any atom is 0.321 e. The summed E-state index contributed by atoms with van der Waals surface area (Å²) in [5, 5.41) is 11.9. The maximum absolute atomic E-state index is 10.8. The number of hydrogen-bond donors (Lipinski definition) is 2. The zero-order chi connectivity index (χ0) is 11.5. The second kappa shape index (κ2) is 5.16. The van der Waals surface area contributed by atoms with Crippen molar-refractivity contribution in [2.45, 2.75) is 30.5 Å². The number of ether oxygens (including phenoxy) is 2. The summed E-state index contributed by atoms with van der Waals surface area (Å²) in [6.07, 6.45) is 0.316. The van der Waals surface area contributed by atoms with Crippen molar-refractivity contribution in [3.8, 4) is 0 Å². The Kier molecular flexibility index (Phi) is 4.39. The molecule has 0 aromatic rings. The quantitative estimate of drug-likeness (QED) is 0.676. The third-order valence-corrected chi connectivity index (χ3v) is 3.85. The molecular weight excluding hydrogens is 218 g/mol. The molecular formula is C9H17NO4S. The van der Waals surface area contributed by atoms with E-state index in [1.807, 2.05) is 6.92 Å². The van der Waals surface area contributed by atoms with Crippen LogP contribution >= 0.6 is 11.8 Å². The third-order valence-electron chi connectivity index (χ3n) is 2.43. The Morgan fingerprint density at radius 1 is 1.67 bits per heavy atom. The summed E-state index contributed by atoms with van der Waals surface area (Å²) >= 11 is 1.59. The molecule has 1 unspecified atom stereocenters. The normalized spacial score (nSPS) is 31.1. The van der Waals surface area contributed by atoms with E-state index in [0.717, 1.165) is 0 Å². The molecule has 0 spiro atoms. The SMILES string of the molecule is COC(CC1(C)N[C@@H](C(=O)O)CS1)OC. The Morgan fingerprint density at radius 2 is 2.27 bits per heavy atom. The van der Waals surface area contributed by atoms with E-state index in [-0.39, 0.29) is 11.2 Å². The lowest BCUT2D eigenvalue weighted by molar-refractivity contribution is -0.139. The minimum Gasteiger partial charge on any atom is -0.480 e. The lowest BCUT2D eigenvalue weighted by Gasteiger charge is -2.27. The first-order valence-electron chi connectivity index (χ1n) is 4.71. The van der Waals surface area contributed by atoms with Gasteiger partial charge in [0.1, 0.15) is 6.04 Å². The third kappa shape index (κ3) is 3.34. The minimum atomic E-state index is -0.808. The molecule has 0 bridgehead atoms. The lowest BCUT2D eigenvalue weighted by Crippen LogP contribution is -2.45. The van der Waals surface area contributed by atoms with Gasteiger partial charge in [0.2, 0.25) is 0 Å². The first-order valence-corrected chi connectivity index (χ1v) is 5.69. The molecule has 5 nitrogen and oxygen atoms in total. The number of methoxy groups -OCH3 is 2. The standard InChI is InChI=1S/C9H17NO4S/c1-9(4-7(13-2)14-3)10-6(5-15-9)8(11)12/h6-7,10H,4-5H2,1-3H3,(H,11,12)/t6-,9?/m1/s1. The minimum absolute atomic E-state index is 0.292. The number of nitrogens with one attached hydrogen (secondary N) is 1. The molecule has 1 fully saturated rings. The van der Waals surface area contributed by atoms with Crippen LogP contribution in [0.5, 0.6) is 0 Å². The fourth-order valence-electron chi connectivity index (χ4n) is 1.55. The highest BCUT2D eigenvalue weighted by molar-refractivity contribution is 8.00. The summed E-state index contributed by atoms with van der Waals surface area (Å²) in [6, 6.07) is -0.477. The molecule has 0 aliphatic carbocycles. The Bertz CT molecular complexity index is 234. The Morgan fingerprint density at radius 3 is 2.67 bits per heavy atom. The second-order valence-corrected chi connectivity index (χ2v) is 5.21. The van der Waals surface area contributed by atoms with E-state index in [1.54, 1.807) is 26.0 Å². The van der Waals surface area contributed by atoms with Crippen LogP contribution in [0, 0.1) is 0 Å². The van der Waals surface area contributed by atoms with Crippen LogP contribution in [0.2, 0.25) is 0 Å². The Labute approximate surface area is 93.5 Å². The van der Waals surface area contributed by atoms with Crippen molar-refractivity contribution in [1.82, 2.24) is 5.32 Å². The summed E-state index contributed by atoms with van der Waals surface area (Å²) in [5.74, 6) is -0.232. The van der Waals surface area contributed by atoms with Gasteiger partial charge in [-0.15, -0.1) is 11.8 Å². The molecule has 0 radical (unpaired) electrons. The number of carbonyl (C=O) groups is 1. The molecule has 88 valence electrons. The van der Waals surface area contributed by atoms with E-state index < -0.39 is 12.0 Å². The van der Waals surface area contributed by atoms with Crippen LogP contribution in [0.1, 0.15) is 13.3 Å². The molecule has 0 saturated carbocycles. The topological polar surface area (TPSA) is 67.8 Å². The fourth-order valence-corrected chi connectivity index (χ4v) is 2.79. The molecule has 1 saturated heterocycles. The van der Waals surface area contributed by atoms with Crippen LogP contribution in [0.3, 0.4) is 0 Å². The number of carboxylic acid groups (broad SMARTS) is 1. The van der Waals surface area contributed by atoms with Crippen molar-refractivity contribution in [2.75, 3.05) is 20.0 Å². The van der Waals surface area contributed by atoms with Gasteiger partial charge in [-0.25, -0.2) is 0 Å². The van der Waals surface area contributed by atoms with E-state index in [2.05, 4.69) is 5.32 Å². The largest absolute Gasteiger partial charge is 0.480 e.